The Labute approximate surface area is 130 Å². The molecular weight excluding hydrogens is 278 g/mol. The van der Waals surface area contributed by atoms with Gasteiger partial charge in [0.25, 0.3) is 0 Å². The van der Waals surface area contributed by atoms with Crippen LogP contribution in [0.15, 0.2) is 48.5 Å². The number of hydrogen-bond acceptors (Lipinski definition) is 3. The van der Waals surface area contributed by atoms with Crippen LogP contribution in [0.25, 0.3) is 11.1 Å². The third-order valence-corrected chi connectivity index (χ3v) is 3.76. The van der Waals surface area contributed by atoms with Crippen LogP contribution in [-0.4, -0.2) is 37.3 Å². The fourth-order valence-electron chi connectivity index (χ4n) is 2.55. The highest BCUT2D eigenvalue weighted by Crippen LogP contribution is 2.27. The highest BCUT2D eigenvalue weighted by Gasteiger charge is 2.18. The van der Waals surface area contributed by atoms with E-state index in [-0.39, 0.29) is 6.09 Å². The number of aryl methyl sites for hydroxylation is 1. The van der Waals surface area contributed by atoms with E-state index in [0.29, 0.717) is 32.1 Å². The molecule has 0 bridgehead atoms. The van der Waals surface area contributed by atoms with Crippen LogP contribution in [-0.2, 0) is 4.74 Å². The van der Waals surface area contributed by atoms with E-state index in [0.717, 1.165) is 16.7 Å². The number of ether oxygens (including phenoxy) is 2. The van der Waals surface area contributed by atoms with Crippen LogP contribution in [0.1, 0.15) is 5.56 Å². The van der Waals surface area contributed by atoms with Crippen LogP contribution < -0.4 is 4.74 Å². The molecule has 0 saturated carbocycles. The first-order valence-electron chi connectivity index (χ1n) is 7.44. The van der Waals surface area contributed by atoms with Gasteiger partial charge in [-0.3, -0.25) is 0 Å². The van der Waals surface area contributed by atoms with Gasteiger partial charge in [0.15, 0.2) is 0 Å². The predicted molar refractivity (Wildman–Crippen MR) is 85.0 cm³/mol. The Morgan fingerprint density at radius 2 is 1.82 bits per heavy atom. The summed E-state index contributed by atoms with van der Waals surface area (Å²) in [5.74, 6) is 0.577. The van der Waals surface area contributed by atoms with Crippen LogP contribution in [0.5, 0.6) is 5.75 Å². The third kappa shape index (κ3) is 3.28. The second kappa shape index (κ2) is 6.62. The Morgan fingerprint density at radius 3 is 2.50 bits per heavy atom. The maximum atomic E-state index is 12.1. The van der Waals surface area contributed by atoms with Crippen molar-refractivity contribution in [2.24, 2.45) is 0 Å². The van der Waals surface area contributed by atoms with E-state index in [1.807, 2.05) is 43.3 Å². The zero-order valence-electron chi connectivity index (χ0n) is 12.6. The number of benzene rings is 2. The predicted octanol–water partition coefficient (Wildman–Crippen LogP) is 3.49. The van der Waals surface area contributed by atoms with Crippen molar-refractivity contribution in [3.63, 3.8) is 0 Å². The molecule has 1 aliphatic rings. The SMILES string of the molecule is Cc1cc(OC(=O)N2CCOCC2)ccc1-c1ccccc1. The van der Waals surface area contributed by atoms with Gasteiger partial charge in [0.05, 0.1) is 13.2 Å². The summed E-state index contributed by atoms with van der Waals surface area (Å²) in [5.41, 5.74) is 3.39. The van der Waals surface area contributed by atoms with E-state index in [1.54, 1.807) is 4.90 Å². The van der Waals surface area contributed by atoms with E-state index in [9.17, 15) is 4.79 Å². The first-order valence-corrected chi connectivity index (χ1v) is 7.44. The number of rotatable bonds is 2. The largest absolute Gasteiger partial charge is 0.415 e. The summed E-state index contributed by atoms with van der Waals surface area (Å²) in [7, 11) is 0. The second-order valence-corrected chi connectivity index (χ2v) is 5.31. The van der Waals surface area contributed by atoms with Gasteiger partial charge in [-0.25, -0.2) is 4.79 Å². The van der Waals surface area contributed by atoms with E-state index in [4.69, 9.17) is 9.47 Å². The summed E-state index contributed by atoms with van der Waals surface area (Å²) >= 11 is 0. The molecule has 0 aliphatic carbocycles. The van der Waals surface area contributed by atoms with Gasteiger partial charge in [-0.2, -0.15) is 0 Å². The summed E-state index contributed by atoms with van der Waals surface area (Å²) < 4.78 is 10.7. The Kier molecular flexibility index (Phi) is 4.39. The Hall–Kier alpha value is -2.33. The number of amides is 1. The summed E-state index contributed by atoms with van der Waals surface area (Å²) in [4.78, 5) is 13.8. The van der Waals surface area contributed by atoms with Crippen LogP contribution in [0, 0.1) is 6.92 Å². The van der Waals surface area contributed by atoms with Crippen molar-refractivity contribution in [2.45, 2.75) is 6.92 Å². The van der Waals surface area contributed by atoms with Gasteiger partial charge >= 0.3 is 6.09 Å². The zero-order valence-corrected chi connectivity index (χ0v) is 12.6. The number of morpholine rings is 1. The normalized spacial score (nSPS) is 14.7. The summed E-state index contributed by atoms with van der Waals surface area (Å²) in [6.45, 7) is 4.33. The van der Waals surface area contributed by atoms with Crippen molar-refractivity contribution in [3.8, 4) is 16.9 Å². The first-order chi connectivity index (χ1) is 10.7. The van der Waals surface area contributed by atoms with Gasteiger partial charge in [0, 0.05) is 13.1 Å². The van der Waals surface area contributed by atoms with Gasteiger partial charge < -0.3 is 14.4 Å². The van der Waals surface area contributed by atoms with Crippen LogP contribution in [0.3, 0.4) is 0 Å². The van der Waals surface area contributed by atoms with Crippen molar-refractivity contribution in [2.75, 3.05) is 26.3 Å². The van der Waals surface area contributed by atoms with Crippen molar-refractivity contribution >= 4 is 6.09 Å². The quantitative estimate of drug-likeness (QED) is 0.851. The van der Waals surface area contributed by atoms with Gasteiger partial charge in [-0.05, 0) is 35.7 Å². The molecule has 1 amide bonds. The fourth-order valence-corrected chi connectivity index (χ4v) is 2.55. The lowest BCUT2D eigenvalue weighted by molar-refractivity contribution is 0.0416. The third-order valence-electron chi connectivity index (χ3n) is 3.76. The molecule has 3 rings (SSSR count). The molecule has 22 heavy (non-hydrogen) atoms. The van der Waals surface area contributed by atoms with E-state index in [2.05, 4.69) is 12.1 Å². The lowest BCUT2D eigenvalue weighted by Gasteiger charge is -2.25. The van der Waals surface area contributed by atoms with Crippen molar-refractivity contribution in [1.29, 1.82) is 0 Å². The van der Waals surface area contributed by atoms with Crippen LogP contribution in [0.4, 0.5) is 4.79 Å². The molecule has 0 spiro atoms. The molecule has 0 N–H and O–H groups in total. The standard InChI is InChI=1S/C18H19NO3/c1-14-13-16(22-18(20)19-9-11-21-12-10-19)7-8-17(14)15-5-3-2-4-6-15/h2-8,13H,9-12H2,1H3. The molecule has 114 valence electrons. The minimum Gasteiger partial charge on any atom is -0.410 e. The van der Waals surface area contributed by atoms with E-state index in [1.165, 1.54) is 0 Å². The minimum atomic E-state index is -0.310. The molecule has 2 aromatic rings. The second-order valence-electron chi connectivity index (χ2n) is 5.31. The zero-order chi connectivity index (χ0) is 15.4. The summed E-state index contributed by atoms with van der Waals surface area (Å²) in [6.07, 6.45) is -0.310. The topological polar surface area (TPSA) is 38.8 Å². The molecule has 0 aromatic heterocycles. The fraction of sp³-hybridized carbons (Fsp3) is 0.278. The molecule has 1 aliphatic heterocycles. The molecule has 1 saturated heterocycles. The maximum absolute atomic E-state index is 12.1. The summed E-state index contributed by atoms with van der Waals surface area (Å²) in [6, 6.07) is 15.9. The summed E-state index contributed by atoms with van der Waals surface area (Å²) in [5, 5.41) is 0. The molecular formula is C18H19NO3. The Morgan fingerprint density at radius 1 is 1.09 bits per heavy atom. The average molecular weight is 297 g/mol. The van der Waals surface area contributed by atoms with E-state index >= 15 is 0 Å². The van der Waals surface area contributed by atoms with Gasteiger partial charge in [0.2, 0.25) is 0 Å². The van der Waals surface area contributed by atoms with Gasteiger partial charge in [-0.1, -0.05) is 36.4 Å². The number of carbonyl (C=O) groups is 1. The van der Waals surface area contributed by atoms with Crippen LogP contribution >= 0.6 is 0 Å². The molecule has 0 radical (unpaired) electrons. The monoisotopic (exact) mass is 297 g/mol. The highest BCUT2D eigenvalue weighted by molar-refractivity contribution is 5.72. The van der Waals surface area contributed by atoms with Crippen molar-refractivity contribution in [3.05, 3.63) is 54.1 Å². The highest BCUT2D eigenvalue weighted by atomic mass is 16.6. The van der Waals surface area contributed by atoms with E-state index < -0.39 is 0 Å². The Bertz CT molecular complexity index is 649. The first kappa shape index (κ1) is 14.6. The number of carbonyl (C=O) groups excluding carboxylic acids is 1. The smallest absolute Gasteiger partial charge is 0.410 e. The van der Waals surface area contributed by atoms with Gasteiger partial charge in [0.1, 0.15) is 5.75 Å². The molecule has 0 atom stereocenters. The molecule has 1 heterocycles. The maximum Gasteiger partial charge on any atom is 0.415 e. The average Bonchev–Trinajstić information content (AvgIpc) is 2.56. The molecule has 4 nitrogen and oxygen atoms in total. The van der Waals surface area contributed by atoms with Crippen LogP contribution in [0.2, 0.25) is 0 Å². The lowest BCUT2D eigenvalue weighted by atomic mass is 10.0. The molecule has 2 aromatic carbocycles. The molecule has 1 fully saturated rings. The van der Waals surface area contributed by atoms with Crippen molar-refractivity contribution in [1.82, 2.24) is 4.90 Å². The van der Waals surface area contributed by atoms with Crippen molar-refractivity contribution < 1.29 is 14.3 Å². The van der Waals surface area contributed by atoms with Gasteiger partial charge in [-0.15, -0.1) is 0 Å². The minimum absolute atomic E-state index is 0.310. The molecule has 0 unspecified atom stereocenters. The lowest BCUT2D eigenvalue weighted by Crippen LogP contribution is -2.42. The Balaban J connectivity index is 1.73. The molecule has 4 heteroatoms. The number of hydrogen-bond donors (Lipinski definition) is 0. The number of nitrogens with zero attached hydrogens (tertiary/aromatic N) is 1.